The Kier molecular flexibility index (Phi) is 6.65. The van der Waals surface area contributed by atoms with E-state index in [4.69, 9.17) is 15.6 Å². The fraction of sp³-hybridized carbons (Fsp3) is 0.375. The number of thiophene rings is 1. The number of alkyl halides is 6. The number of hydrogen-bond acceptors (Lipinski definition) is 7. The minimum absolute atomic E-state index is 0.0895. The van der Waals surface area contributed by atoms with Gasteiger partial charge in [-0.15, -0.1) is 11.3 Å². The summed E-state index contributed by atoms with van der Waals surface area (Å²) in [7, 11) is 0. The first-order valence-corrected chi connectivity index (χ1v) is 12.0. The molecule has 2 atom stereocenters. The Balaban J connectivity index is 0.000000448. The van der Waals surface area contributed by atoms with Crippen LogP contribution in [0.5, 0.6) is 0 Å². The topological polar surface area (TPSA) is 126 Å². The van der Waals surface area contributed by atoms with Crippen molar-refractivity contribution in [3.63, 3.8) is 0 Å². The summed E-state index contributed by atoms with van der Waals surface area (Å²) >= 11 is 1.29. The second-order valence-electron chi connectivity index (χ2n) is 9.68. The van der Waals surface area contributed by atoms with Crippen molar-refractivity contribution < 1.29 is 45.8 Å². The predicted octanol–water partition coefficient (Wildman–Crippen LogP) is 5.04. The van der Waals surface area contributed by atoms with E-state index in [1.807, 2.05) is 13.8 Å². The van der Waals surface area contributed by atoms with Crippen molar-refractivity contribution >= 4 is 45.0 Å². The molecule has 4 heterocycles. The van der Waals surface area contributed by atoms with Gasteiger partial charge in [-0.1, -0.05) is 13.8 Å². The summed E-state index contributed by atoms with van der Waals surface area (Å²) in [6.07, 6.45) is -8.19. The number of halogens is 6. The molecule has 2 unspecified atom stereocenters. The van der Waals surface area contributed by atoms with Gasteiger partial charge < -0.3 is 10.8 Å². The van der Waals surface area contributed by atoms with Gasteiger partial charge in [0.15, 0.2) is 0 Å². The lowest BCUT2D eigenvalue weighted by atomic mass is 10.0. The molecule has 2 amide bonds. The van der Waals surface area contributed by atoms with Crippen LogP contribution in [0.3, 0.4) is 0 Å². The number of aryl methyl sites for hydroxylation is 1. The monoisotopic (exact) mass is 574 g/mol. The quantitative estimate of drug-likeness (QED) is 0.332. The molecule has 1 aliphatic carbocycles. The average molecular weight is 575 g/mol. The van der Waals surface area contributed by atoms with E-state index in [1.165, 1.54) is 29.4 Å². The number of nitrogens with two attached hydrogens (primary N) is 1. The van der Waals surface area contributed by atoms with E-state index in [1.54, 1.807) is 12.1 Å². The Hall–Kier alpha value is -3.75. The van der Waals surface area contributed by atoms with Gasteiger partial charge in [0.25, 0.3) is 0 Å². The number of hydrogen-bond donors (Lipinski definition) is 2. The molecule has 0 bridgehead atoms. The maximum Gasteiger partial charge on any atom is 0.490 e. The van der Waals surface area contributed by atoms with Gasteiger partial charge in [0.1, 0.15) is 5.69 Å². The third-order valence-corrected chi connectivity index (χ3v) is 7.88. The number of pyridine rings is 2. The normalized spacial score (nSPS) is 20.1. The number of fused-ring (bicyclic) bond motifs is 2. The number of piperidine rings is 1. The highest BCUT2D eigenvalue weighted by molar-refractivity contribution is 7.19. The summed E-state index contributed by atoms with van der Waals surface area (Å²) in [6, 6.07) is 4.31. The van der Waals surface area contributed by atoms with Crippen LogP contribution in [0.25, 0.3) is 21.3 Å². The van der Waals surface area contributed by atoms with Gasteiger partial charge in [0, 0.05) is 22.2 Å². The van der Waals surface area contributed by atoms with E-state index in [2.05, 4.69) is 9.97 Å². The number of likely N-dealkylation sites (tertiary alicyclic amines) is 1. The Morgan fingerprint density at radius 1 is 1.10 bits per heavy atom. The van der Waals surface area contributed by atoms with Crippen molar-refractivity contribution in [3.05, 3.63) is 40.7 Å². The lowest BCUT2D eigenvalue weighted by molar-refractivity contribution is -0.192. The van der Waals surface area contributed by atoms with Crippen molar-refractivity contribution in [1.29, 1.82) is 0 Å². The first-order chi connectivity index (χ1) is 17.9. The van der Waals surface area contributed by atoms with Gasteiger partial charge in [-0.25, -0.2) is 9.78 Å². The van der Waals surface area contributed by atoms with Crippen molar-refractivity contribution in [1.82, 2.24) is 14.9 Å². The summed E-state index contributed by atoms with van der Waals surface area (Å²) in [5, 5.41) is 7.12. The number of aliphatic carboxylic acids is 1. The average Bonchev–Trinajstić information content (AvgIpc) is 3.06. The van der Waals surface area contributed by atoms with Gasteiger partial charge in [-0.3, -0.25) is 19.5 Å². The number of carbonyl (C=O) groups excluding carboxylic acids is 2. The fourth-order valence-electron chi connectivity index (χ4n) is 4.64. The van der Waals surface area contributed by atoms with Gasteiger partial charge in [0.2, 0.25) is 11.8 Å². The van der Waals surface area contributed by atoms with Gasteiger partial charge in [0.05, 0.1) is 40.0 Å². The smallest absolute Gasteiger partial charge is 0.475 e. The number of rotatable bonds is 3. The number of carboxylic acids is 1. The van der Waals surface area contributed by atoms with Crippen LogP contribution in [0, 0.1) is 24.2 Å². The van der Waals surface area contributed by atoms with Crippen LogP contribution in [0.4, 0.5) is 32.0 Å². The molecule has 0 radical (unpaired) electrons. The van der Waals surface area contributed by atoms with Crippen LogP contribution in [0.15, 0.2) is 24.4 Å². The van der Waals surface area contributed by atoms with E-state index in [-0.39, 0.29) is 52.6 Å². The number of nitrogen functional groups attached to an aromatic ring is 1. The first kappa shape index (κ1) is 28.3. The van der Waals surface area contributed by atoms with Crippen LogP contribution in [-0.2, 0) is 27.1 Å². The molecule has 1 saturated carbocycles. The molecule has 0 spiro atoms. The lowest BCUT2D eigenvalue weighted by Gasteiger charge is -2.19. The van der Waals surface area contributed by atoms with Crippen LogP contribution in [0.2, 0.25) is 0 Å². The van der Waals surface area contributed by atoms with Gasteiger partial charge >= 0.3 is 18.3 Å². The van der Waals surface area contributed by atoms with Crippen LogP contribution >= 0.6 is 11.3 Å². The maximum atomic E-state index is 13.3. The summed E-state index contributed by atoms with van der Waals surface area (Å²) in [5.74, 6) is -3.62. The number of aromatic nitrogens is 2. The minimum Gasteiger partial charge on any atom is -0.475 e. The zero-order chi connectivity index (χ0) is 29.2. The molecule has 3 N–H and O–H groups in total. The molecule has 1 aliphatic heterocycles. The number of imide groups is 1. The van der Waals surface area contributed by atoms with Crippen molar-refractivity contribution in [3.8, 4) is 11.1 Å². The molecule has 3 aromatic rings. The van der Waals surface area contributed by atoms with Crippen LogP contribution in [-0.4, -0.2) is 43.9 Å². The lowest BCUT2D eigenvalue weighted by Crippen LogP contribution is -2.35. The highest BCUT2D eigenvalue weighted by atomic mass is 32.1. The Labute approximate surface area is 220 Å². The molecule has 0 aromatic carbocycles. The third-order valence-electron chi connectivity index (χ3n) is 6.74. The van der Waals surface area contributed by atoms with Gasteiger partial charge in [-0.05, 0) is 30.5 Å². The zero-order valence-electron chi connectivity index (χ0n) is 20.4. The largest absolute Gasteiger partial charge is 0.490 e. The molecular formula is C24H20F6N4O4S. The number of carboxylic acid groups (broad SMARTS) is 1. The number of carbonyl (C=O) groups is 3. The summed E-state index contributed by atoms with van der Waals surface area (Å²) in [6.45, 7) is 5.40. The highest BCUT2D eigenvalue weighted by Gasteiger charge is 2.72. The van der Waals surface area contributed by atoms with Crippen molar-refractivity contribution in [2.45, 2.75) is 39.7 Å². The highest BCUT2D eigenvalue weighted by Crippen LogP contribution is 2.63. The molecule has 2 aliphatic rings. The molecule has 2 fully saturated rings. The molecule has 15 heteroatoms. The predicted molar refractivity (Wildman–Crippen MR) is 127 cm³/mol. The fourth-order valence-corrected chi connectivity index (χ4v) is 5.77. The maximum absolute atomic E-state index is 13.3. The molecule has 8 nitrogen and oxygen atoms in total. The van der Waals surface area contributed by atoms with E-state index in [0.717, 1.165) is 10.9 Å². The van der Waals surface area contributed by atoms with Crippen molar-refractivity contribution in [2.24, 2.45) is 17.3 Å². The molecule has 5 rings (SSSR count). The molecule has 3 aromatic heterocycles. The van der Waals surface area contributed by atoms with Crippen LogP contribution in [0.1, 0.15) is 30.1 Å². The SMILES string of the molecule is Cc1nc(C(F)(F)F)cc(-c2ccnc3cc(CN4C(=O)C5C(C4=O)C5(C)C)sc23)c1N.O=C(O)C(F)(F)F. The van der Waals surface area contributed by atoms with Crippen molar-refractivity contribution in [2.75, 3.05) is 5.73 Å². The third kappa shape index (κ3) is 5.02. The minimum atomic E-state index is -5.08. The first-order valence-electron chi connectivity index (χ1n) is 11.2. The van der Waals surface area contributed by atoms with E-state index >= 15 is 0 Å². The second-order valence-corrected chi connectivity index (χ2v) is 10.8. The Morgan fingerprint density at radius 2 is 1.67 bits per heavy atom. The molecule has 208 valence electrons. The Bertz CT molecular complexity index is 1490. The van der Waals surface area contributed by atoms with E-state index < -0.39 is 24.0 Å². The van der Waals surface area contributed by atoms with Gasteiger partial charge in [-0.2, -0.15) is 26.3 Å². The number of anilines is 1. The second kappa shape index (κ2) is 9.17. The van der Waals surface area contributed by atoms with E-state index in [9.17, 15) is 35.9 Å². The summed E-state index contributed by atoms with van der Waals surface area (Å²) in [4.78, 5) is 44.1. The standard InChI is InChI=1S/C22H19F3N4O2S.C2HF3O2/c1-9-17(26)12(7-14(28-9)22(23,24)25)11-4-5-27-13-6-10(32-18(11)13)8-29-19(30)15-16(20(29)31)21(15,2)3;3-2(4,5)1(6)7/h4-7,15-16H,8,26H2,1-3H3;(H,6,7). The van der Waals surface area contributed by atoms with Crippen LogP contribution < -0.4 is 5.73 Å². The summed E-state index contributed by atoms with van der Waals surface area (Å²) < 4.78 is 72.3. The van der Waals surface area contributed by atoms with E-state index in [0.29, 0.717) is 15.8 Å². The molecule has 1 saturated heterocycles. The zero-order valence-corrected chi connectivity index (χ0v) is 21.3. The molecule has 39 heavy (non-hydrogen) atoms. The molecular weight excluding hydrogens is 554 g/mol. The summed E-state index contributed by atoms with van der Waals surface area (Å²) in [5.41, 5.74) is 6.33. The number of nitrogens with zero attached hydrogens (tertiary/aromatic N) is 3. The Morgan fingerprint density at radius 3 is 2.18 bits per heavy atom. The number of amides is 2.